The van der Waals surface area contributed by atoms with E-state index in [-0.39, 0.29) is 24.4 Å². The zero-order valence-corrected chi connectivity index (χ0v) is 4.71. The maximum atomic E-state index is 9.67. The Morgan fingerprint density at radius 1 is 1.00 bits per heavy atom. The predicted octanol–water partition coefficient (Wildman–Crippen LogP) is 0.499. The molecule has 0 N–H and O–H groups in total. The summed E-state index contributed by atoms with van der Waals surface area (Å²) < 4.78 is 29.0. The first kappa shape index (κ1) is 9.18. The van der Waals surface area contributed by atoms with Crippen LogP contribution in [0.2, 0.25) is 0 Å². The Balaban J connectivity index is 0. The first-order chi connectivity index (χ1) is 1.73. The van der Waals surface area contributed by atoms with Gasteiger partial charge in [0.25, 0.3) is 0 Å². The van der Waals surface area contributed by atoms with Crippen molar-refractivity contribution < 1.29 is 12.9 Å². The SMILES string of the molecule is FB(F)F.[Sb]. The molecular formula is BF3Sb. The second-order valence-corrected chi connectivity index (χ2v) is 0.247. The van der Waals surface area contributed by atoms with Gasteiger partial charge in [0.2, 0.25) is 0 Å². The summed E-state index contributed by atoms with van der Waals surface area (Å²) >= 11 is 0. The number of rotatable bonds is 0. The molecule has 0 aromatic rings. The molecule has 0 aliphatic rings. The minimum Gasteiger partial charge on any atom is -0.254 e. The van der Waals surface area contributed by atoms with E-state index in [1.54, 1.807) is 0 Å². The van der Waals surface area contributed by atoms with Gasteiger partial charge in [-0.1, -0.05) is 0 Å². The van der Waals surface area contributed by atoms with Gasteiger partial charge in [-0.3, -0.25) is 12.9 Å². The van der Waals surface area contributed by atoms with Crippen molar-refractivity contribution in [2.24, 2.45) is 0 Å². The molecule has 0 saturated heterocycles. The molecule has 0 heterocycles. The van der Waals surface area contributed by atoms with Crippen molar-refractivity contribution in [1.29, 1.82) is 0 Å². The van der Waals surface area contributed by atoms with Crippen molar-refractivity contribution in [3.8, 4) is 0 Å². The maximum Gasteiger partial charge on any atom is 0.762 e. The van der Waals surface area contributed by atoms with Gasteiger partial charge in [0, 0.05) is 24.4 Å². The van der Waals surface area contributed by atoms with Gasteiger partial charge >= 0.3 is 7.54 Å². The molecule has 0 saturated carbocycles. The molecule has 0 aromatic heterocycles. The smallest absolute Gasteiger partial charge is 0.254 e. The fourth-order valence-electron chi connectivity index (χ4n) is 0. The first-order valence-electron chi connectivity index (χ1n) is 0.655. The minimum absolute atomic E-state index is 0. The molecule has 0 unspecified atom stereocenters. The molecule has 0 spiro atoms. The van der Waals surface area contributed by atoms with E-state index in [4.69, 9.17) is 0 Å². The van der Waals surface area contributed by atoms with Gasteiger partial charge in [0.05, 0.1) is 0 Å². The summed E-state index contributed by atoms with van der Waals surface area (Å²) in [5, 5.41) is 0. The molecule has 0 rings (SSSR count). The van der Waals surface area contributed by atoms with Crippen LogP contribution in [0, 0.1) is 0 Å². The van der Waals surface area contributed by atoms with Crippen molar-refractivity contribution in [2.45, 2.75) is 0 Å². The average Bonchev–Trinajstić information content (AvgIpc) is 0.811. The van der Waals surface area contributed by atoms with Crippen molar-refractivity contribution in [3.05, 3.63) is 0 Å². The van der Waals surface area contributed by atoms with Crippen LogP contribution in [0.3, 0.4) is 0 Å². The third kappa shape index (κ3) is 73.7. The van der Waals surface area contributed by atoms with Crippen LogP contribution in [0.1, 0.15) is 0 Å². The summed E-state index contributed by atoms with van der Waals surface area (Å²) in [4.78, 5) is 0. The van der Waals surface area contributed by atoms with Crippen LogP contribution < -0.4 is 0 Å². The van der Waals surface area contributed by atoms with Crippen LogP contribution in [0.15, 0.2) is 0 Å². The topological polar surface area (TPSA) is 0 Å². The monoisotopic (exact) mass is 189 g/mol. The van der Waals surface area contributed by atoms with Crippen LogP contribution >= 0.6 is 0 Å². The van der Waals surface area contributed by atoms with Crippen LogP contribution in [0.25, 0.3) is 0 Å². The molecular weight excluding hydrogens is 190 g/mol. The molecule has 0 fully saturated rings. The van der Waals surface area contributed by atoms with E-state index in [0.717, 1.165) is 0 Å². The fraction of sp³-hybridized carbons (Fsp3) is 0. The standard InChI is InChI=1S/BF3.Sb/c2-1(3)4;. The molecule has 0 atom stereocenters. The third-order valence-electron chi connectivity index (χ3n) is 0. The van der Waals surface area contributed by atoms with Gasteiger partial charge in [-0.05, 0) is 0 Å². The van der Waals surface area contributed by atoms with Gasteiger partial charge in [-0.25, -0.2) is 0 Å². The summed E-state index contributed by atoms with van der Waals surface area (Å²) in [6.45, 7) is 0. The van der Waals surface area contributed by atoms with E-state index in [0.29, 0.717) is 0 Å². The molecule has 29 valence electrons. The fourth-order valence-corrected chi connectivity index (χ4v) is 0. The molecule has 0 aliphatic heterocycles. The van der Waals surface area contributed by atoms with E-state index < -0.39 is 7.54 Å². The van der Waals surface area contributed by atoms with Crippen molar-refractivity contribution in [3.63, 3.8) is 0 Å². The maximum absolute atomic E-state index is 9.67. The van der Waals surface area contributed by atoms with E-state index in [2.05, 4.69) is 0 Å². The van der Waals surface area contributed by atoms with Gasteiger partial charge in [0.1, 0.15) is 0 Å². The Kier molecular flexibility index (Phi) is 8.58. The summed E-state index contributed by atoms with van der Waals surface area (Å²) in [6, 6.07) is 0. The zero-order valence-electron chi connectivity index (χ0n) is 2.16. The van der Waals surface area contributed by atoms with Gasteiger partial charge in [-0.15, -0.1) is 0 Å². The minimum atomic E-state index is -3.67. The van der Waals surface area contributed by atoms with Crippen LogP contribution in [-0.2, 0) is 0 Å². The summed E-state index contributed by atoms with van der Waals surface area (Å²) in [5.41, 5.74) is 0. The molecule has 0 bridgehead atoms. The third-order valence-corrected chi connectivity index (χ3v) is 0. The van der Waals surface area contributed by atoms with Gasteiger partial charge in [-0.2, -0.15) is 0 Å². The Bertz CT molecular complexity index is 11.6. The van der Waals surface area contributed by atoms with Crippen molar-refractivity contribution in [1.82, 2.24) is 0 Å². The molecule has 3 radical (unpaired) electrons. The quantitative estimate of drug-likeness (QED) is 0.487. The molecule has 0 aromatic carbocycles. The predicted molar refractivity (Wildman–Crippen MR) is 14.8 cm³/mol. The summed E-state index contributed by atoms with van der Waals surface area (Å²) in [7, 11) is -3.67. The van der Waals surface area contributed by atoms with Crippen molar-refractivity contribution in [2.75, 3.05) is 0 Å². The molecule has 0 nitrogen and oxygen atoms in total. The van der Waals surface area contributed by atoms with Crippen molar-refractivity contribution >= 4 is 32.0 Å². The number of hydrogen-bond acceptors (Lipinski definition) is 0. The Hall–Kier alpha value is 0.673. The largest absolute Gasteiger partial charge is 0.762 e. The first-order valence-corrected chi connectivity index (χ1v) is 0.655. The number of hydrogen-bond donors (Lipinski definition) is 0. The van der Waals surface area contributed by atoms with E-state index in [1.807, 2.05) is 0 Å². The Labute approximate surface area is 45.4 Å². The molecule has 5 heavy (non-hydrogen) atoms. The van der Waals surface area contributed by atoms with Crippen LogP contribution in [0.5, 0.6) is 0 Å². The molecule has 0 amide bonds. The zero-order chi connectivity index (χ0) is 3.58. The van der Waals surface area contributed by atoms with E-state index >= 15 is 0 Å². The normalized spacial score (nSPS) is 5.40. The van der Waals surface area contributed by atoms with E-state index in [1.165, 1.54) is 0 Å². The average molecular weight is 190 g/mol. The summed E-state index contributed by atoms with van der Waals surface area (Å²) in [6.07, 6.45) is 0. The molecule has 5 heteroatoms. The van der Waals surface area contributed by atoms with E-state index in [9.17, 15) is 12.9 Å². The van der Waals surface area contributed by atoms with Gasteiger partial charge < -0.3 is 0 Å². The van der Waals surface area contributed by atoms with Crippen LogP contribution in [-0.4, -0.2) is 32.0 Å². The molecule has 0 aliphatic carbocycles. The van der Waals surface area contributed by atoms with Gasteiger partial charge in [0.15, 0.2) is 0 Å². The van der Waals surface area contributed by atoms with Crippen LogP contribution in [0.4, 0.5) is 12.9 Å². The number of halogens is 3. The Morgan fingerprint density at radius 2 is 1.00 bits per heavy atom. The second-order valence-electron chi connectivity index (χ2n) is 0.247. The Morgan fingerprint density at radius 3 is 1.00 bits per heavy atom. The second kappa shape index (κ2) is 4.67. The summed E-state index contributed by atoms with van der Waals surface area (Å²) in [5.74, 6) is 0.